The minimum atomic E-state index is 1.08. The van der Waals surface area contributed by atoms with Gasteiger partial charge in [0.15, 0.2) is 0 Å². The first kappa shape index (κ1) is 12.4. The Kier molecular flexibility index (Phi) is 4.65. The molecule has 0 atom stereocenters. The largest absolute Gasteiger partial charge is 0.264 e. The van der Waals surface area contributed by atoms with Gasteiger partial charge in [-0.15, -0.1) is 0 Å². The zero-order chi connectivity index (χ0) is 12.0. The predicted molar refractivity (Wildman–Crippen MR) is 67.4 cm³/mol. The van der Waals surface area contributed by atoms with E-state index in [-0.39, 0.29) is 0 Å². The summed E-state index contributed by atoms with van der Waals surface area (Å²) in [4.78, 5) is 8.06. The van der Waals surface area contributed by atoms with Crippen molar-refractivity contribution in [3.8, 4) is 0 Å². The van der Waals surface area contributed by atoms with E-state index in [9.17, 15) is 0 Å². The maximum absolute atomic E-state index is 4.08. The molecule has 0 unspecified atom stereocenters. The Morgan fingerprint density at radius 2 is 1.38 bits per heavy atom. The average molecular weight is 214 g/mol. The van der Waals surface area contributed by atoms with Crippen LogP contribution >= 0.6 is 0 Å². The Labute approximate surface area is 97.4 Å². The van der Waals surface area contributed by atoms with E-state index in [4.69, 9.17) is 0 Å². The fourth-order valence-electron chi connectivity index (χ4n) is 1.25. The summed E-state index contributed by atoms with van der Waals surface area (Å²) in [7, 11) is 0. The number of pyridine rings is 2. The van der Waals surface area contributed by atoms with E-state index in [1.165, 1.54) is 16.7 Å². The van der Waals surface area contributed by atoms with Crippen molar-refractivity contribution < 1.29 is 0 Å². The fraction of sp³-hybridized carbons (Fsp3) is 0.286. The number of rotatable bonds is 0. The van der Waals surface area contributed by atoms with Crippen LogP contribution in [0.25, 0.3) is 0 Å². The number of aromatic nitrogens is 2. The molecule has 0 N–H and O–H groups in total. The second kappa shape index (κ2) is 6.01. The quantitative estimate of drug-likeness (QED) is 0.671. The molecule has 0 spiro atoms. The maximum atomic E-state index is 4.08. The highest BCUT2D eigenvalue weighted by Crippen LogP contribution is 1.97. The maximum Gasteiger partial charge on any atom is 0.0372 e. The van der Waals surface area contributed by atoms with Crippen LogP contribution in [0.4, 0.5) is 0 Å². The zero-order valence-electron chi connectivity index (χ0n) is 10.4. The number of aryl methyl sites for hydroxylation is 4. The first-order chi connectivity index (χ1) is 7.58. The molecule has 0 saturated heterocycles. The second-order valence-corrected chi connectivity index (χ2v) is 4.02. The molecule has 2 rings (SSSR count). The van der Waals surface area contributed by atoms with E-state index in [2.05, 4.69) is 22.1 Å². The molecule has 16 heavy (non-hydrogen) atoms. The Morgan fingerprint density at radius 3 is 1.69 bits per heavy atom. The van der Waals surface area contributed by atoms with Gasteiger partial charge in [0.05, 0.1) is 0 Å². The minimum absolute atomic E-state index is 1.08. The lowest BCUT2D eigenvalue weighted by molar-refractivity contribution is 1.17. The molecule has 0 aromatic carbocycles. The molecule has 2 aromatic heterocycles. The van der Waals surface area contributed by atoms with Crippen LogP contribution in [0.3, 0.4) is 0 Å². The summed E-state index contributed by atoms with van der Waals surface area (Å²) in [5.74, 6) is 0. The first-order valence-corrected chi connectivity index (χ1v) is 5.35. The predicted octanol–water partition coefficient (Wildman–Crippen LogP) is 3.40. The molecule has 2 heteroatoms. The molecule has 2 heterocycles. The third-order valence-electron chi connectivity index (χ3n) is 2.07. The van der Waals surface area contributed by atoms with Gasteiger partial charge in [0, 0.05) is 24.3 Å². The molecular weight excluding hydrogens is 196 g/mol. The van der Waals surface area contributed by atoms with Gasteiger partial charge in [-0.3, -0.25) is 9.97 Å². The van der Waals surface area contributed by atoms with Gasteiger partial charge in [0.1, 0.15) is 0 Å². The van der Waals surface area contributed by atoms with Gasteiger partial charge in [-0.25, -0.2) is 0 Å². The molecular formula is C14H18N2. The molecule has 0 bridgehead atoms. The summed E-state index contributed by atoms with van der Waals surface area (Å²) in [5.41, 5.74) is 4.75. The molecule has 84 valence electrons. The molecule has 0 radical (unpaired) electrons. The average Bonchev–Trinajstić information content (AvgIpc) is 2.23. The summed E-state index contributed by atoms with van der Waals surface area (Å²) in [5, 5.41) is 0. The van der Waals surface area contributed by atoms with Crippen molar-refractivity contribution in [1.29, 1.82) is 0 Å². The van der Waals surface area contributed by atoms with Crippen LogP contribution in [0.1, 0.15) is 22.4 Å². The lowest BCUT2D eigenvalue weighted by atomic mass is 10.2. The summed E-state index contributed by atoms with van der Waals surface area (Å²) < 4.78 is 0. The summed E-state index contributed by atoms with van der Waals surface area (Å²) >= 11 is 0. The van der Waals surface area contributed by atoms with Crippen LogP contribution in [0.5, 0.6) is 0 Å². The molecule has 0 aliphatic rings. The van der Waals surface area contributed by atoms with Gasteiger partial charge in [-0.2, -0.15) is 0 Å². The van der Waals surface area contributed by atoms with E-state index in [0.717, 1.165) is 5.69 Å². The van der Waals surface area contributed by atoms with E-state index >= 15 is 0 Å². The van der Waals surface area contributed by atoms with E-state index < -0.39 is 0 Å². The van der Waals surface area contributed by atoms with E-state index in [0.29, 0.717) is 0 Å². The van der Waals surface area contributed by atoms with Crippen LogP contribution in [0.2, 0.25) is 0 Å². The van der Waals surface area contributed by atoms with Gasteiger partial charge in [0.2, 0.25) is 0 Å². The van der Waals surface area contributed by atoms with Crippen molar-refractivity contribution in [2.24, 2.45) is 0 Å². The molecule has 2 nitrogen and oxygen atoms in total. The standard InChI is InChI=1S/2C7H9N/c1-6-3-7(2)5-8-4-6;1-6-3-4-7(2)8-5-6/h2*3-5H,1-2H3. The number of hydrogen-bond donors (Lipinski definition) is 0. The lowest BCUT2D eigenvalue weighted by Crippen LogP contribution is -1.78. The zero-order valence-corrected chi connectivity index (χ0v) is 10.4. The molecule has 0 saturated carbocycles. The molecule has 0 aliphatic heterocycles. The van der Waals surface area contributed by atoms with Crippen LogP contribution in [-0.4, -0.2) is 9.97 Å². The first-order valence-electron chi connectivity index (χ1n) is 5.35. The number of hydrogen-bond acceptors (Lipinski definition) is 2. The molecule has 0 amide bonds. The normalized spacial score (nSPS) is 9.25. The monoisotopic (exact) mass is 214 g/mol. The van der Waals surface area contributed by atoms with Gasteiger partial charge >= 0.3 is 0 Å². The van der Waals surface area contributed by atoms with Crippen LogP contribution in [0, 0.1) is 27.7 Å². The SMILES string of the molecule is Cc1ccc(C)nc1.Cc1cncc(C)c1. The summed E-state index contributed by atoms with van der Waals surface area (Å²) in [6.45, 7) is 8.10. The van der Waals surface area contributed by atoms with Crippen molar-refractivity contribution in [3.05, 3.63) is 59.2 Å². The number of nitrogens with zero attached hydrogens (tertiary/aromatic N) is 2. The van der Waals surface area contributed by atoms with Crippen LogP contribution in [-0.2, 0) is 0 Å². The highest BCUT2D eigenvalue weighted by molar-refractivity contribution is 5.14. The third-order valence-corrected chi connectivity index (χ3v) is 2.07. The Balaban J connectivity index is 0.000000160. The van der Waals surface area contributed by atoms with E-state index in [1.807, 2.05) is 52.4 Å². The summed E-state index contributed by atoms with van der Waals surface area (Å²) in [6, 6.07) is 6.17. The van der Waals surface area contributed by atoms with Gasteiger partial charge in [0.25, 0.3) is 0 Å². The Morgan fingerprint density at radius 1 is 0.750 bits per heavy atom. The van der Waals surface area contributed by atoms with Crippen molar-refractivity contribution in [2.45, 2.75) is 27.7 Å². The Hall–Kier alpha value is -1.70. The van der Waals surface area contributed by atoms with Crippen molar-refractivity contribution in [2.75, 3.05) is 0 Å². The van der Waals surface area contributed by atoms with Gasteiger partial charge in [-0.05, 0) is 50.5 Å². The topological polar surface area (TPSA) is 25.8 Å². The Bertz CT molecular complexity index is 394. The van der Waals surface area contributed by atoms with Crippen LogP contribution in [0.15, 0.2) is 36.8 Å². The highest BCUT2D eigenvalue weighted by Gasteiger charge is 1.82. The summed E-state index contributed by atoms with van der Waals surface area (Å²) in [6.07, 6.45) is 5.58. The smallest absolute Gasteiger partial charge is 0.0372 e. The van der Waals surface area contributed by atoms with Gasteiger partial charge < -0.3 is 0 Å². The van der Waals surface area contributed by atoms with E-state index in [1.54, 1.807) is 0 Å². The van der Waals surface area contributed by atoms with Gasteiger partial charge in [-0.1, -0.05) is 12.1 Å². The second-order valence-electron chi connectivity index (χ2n) is 4.02. The molecule has 0 fully saturated rings. The minimum Gasteiger partial charge on any atom is -0.264 e. The molecule has 0 aliphatic carbocycles. The highest BCUT2D eigenvalue weighted by atomic mass is 14.6. The van der Waals surface area contributed by atoms with Crippen molar-refractivity contribution in [3.63, 3.8) is 0 Å². The third kappa shape index (κ3) is 4.69. The molecule has 2 aromatic rings. The van der Waals surface area contributed by atoms with Crippen molar-refractivity contribution >= 4 is 0 Å². The lowest BCUT2D eigenvalue weighted by Gasteiger charge is -1.89. The van der Waals surface area contributed by atoms with Crippen LogP contribution < -0.4 is 0 Å². The van der Waals surface area contributed by atoms with Crippen molar-refractivity contribution in [1.82, 2.24) is 9.97 Å². The fourth-order valence-corrected chi connectivity index (χ4v) is 1.25.